The zero-order valence-electron chi connectivity index (χ0n) is 24.9. The fraction of sp³-hybridized carbons (Fsp3) is 0.613. The number of methoxy groups -OCH3 is 2. The van der Waals surface area contributed by atoms with E-state index in [2.05, 4.69) is 121 Å². The van der Waals surface area contributed by atoms with Crippen LogP contribution in [-0.4, -0.2) is 60.6 Å². The molecular weight excluding hydrogens is 717 g/mol. The lowest BCUT2D eigenvalue weighted by Crippen LogP contribution is -2.40. The fourth-order valence-electron chi connectivity index (χ4n) is 5.26. The molecule has 1 heterocycles. The van der Waals surface area contributed by atoms with Crippen molar-refractivity contribution < 1.29 is 14.2 Å². The van der Waals surface area contributed by atoms with Gasteiger partial charge >= 0.3 is 3.18 Å². The molecule has 3 rings (SSSR count). The Morgan fingerprint density at radius 1 is 0.925 bits per heavy atom. The Balaban J connectivity index is 0.00000131. The minimum Gasteiger partial charge on any atom is -0.497 e. The van der Waals surface area contributed by atoms with Gasteiger partial charge in [0.1, 0.15) is 17.2 Å². The van der Waals surface area contributed by atoms with Crippen molar-refractivity contribution in [2.75, 3.05) is 52.5 Å². The number of halogens is 3. The van der Waals surface area contributed by atoms with Crippen LogP contribution in [-0.2, 0) is 5.41 Å². The summed E-state index contributed by atoms with van der Waals surface area (Å²) >= 11 is 11.4. The van der Waals surface area contributed by atoms with Gasteiger partial charge in [-0.25, -0.2) is 0 Å². The van der Waals surface area contributed by atoms with Crippen LogP contribution in [0.3, 0.4) is 0 Å². The molecule has 2 aromatic rings. The van der Waals surface area contributed by atoms with E-state index in [1.54, 1.807) is 14.2 Å². The van der Waals surface area contributed by atoms with E-state index in [9.17, 15) is 0 Å². The summed E-state index contributed by atoms with van der Waals surface area (Å²) < 4.78 is 17.5. The highest BCUT2D eigenvalue weighted by molar-refractivity contribution is 9.69. The molecule has 9 heteroatoms. The van der Waals surface area contributed by atoms with Gasteiger partial charge in [-0.2, -0.15) is 11.8 Å². The predicted octanol–water partition coefficient (Wildman–Crippen LogP) is 9.71. The maximum Gasteiger partial charge on any atom is 0.369 e. The highest BCUT2D eigenvalue weighted by Crippen LogP contribution is 2.49. The first kappa shape index (κ1) is 35.8. The number of fused-ring (bicyclic) bond motifs is 1. The van der Waals surface area contributed by atoms with E-state index >= 15 is 0 Å². The Kier molecular flexibility index (Phi) is 17.7. The molecule has 0 aromatic heterocycles. The molecule has 224 valence electrons. The first-order valence-electron chi connectivity index (χ1n) is 14.4. The second kappa shape index (κ2) is 19.8. The summed E-state index contributed by atoms with van der Waals surface area (Å²) in [4.78, 5) is 2.51. The summed E-state index contributed by atoms with van der Waals surface area (Å²) in [5.41, 5.74) is 2.53. The number of thioether (sulfide) groups is 1. The number of unbranched alkanes of at least 4 members (excludes halogenated alkanes) is 3. The summed E-state index contributed by atoms with van der Waals surface area (Å²) in [6.07, 6.45) is 8.86. The third kappa shape index (κ3) is 12.1. The van der Waals surface area contributed by atoms with Crippen molar-refractivity contribution >= 4 is 62.2 Å². The SMILES string of the molecule is BrB(Br)Br.CCCCSCCCN(C)CCCCCC1c2ccc(OC)cc2OCC1(C)c1ccc(OC)cc1. The molecule has 0 bridgehead atoms. The minimum atomic E-state index is -0.0832. The second-order valence-electron chi connectivity index (χ2n) is 10.6. The summed E-state index contributed by atoms with van der Waals surface area (Å²) in [6, 6.07) is 14.9. The summed E-state index contributed by atoms with van der Waals surface area (Å²) in [7, 11) is 5.71. The van der Waals surface area contributed by atoms with Crippen molar-refractivity contribution in [2.24, 2.45) is 0 Å². The largest absolute Gasteiger partial charge is 0.497 e. The third-order valence-corrected chi connectivity index (χ3v) is 8.80. The zero-order valence-corrected chi connectivity index (χ0v) is 30.5. The van der Waals surface area contributed by atoms with Crippen LogP contribution < -0.4 is 14.2 Å². The van der Waals surface area contributed by atoms with E-state index in [1.165, 1.54) is 74.2 Å². The van der Waals surface area contributed by atoms with Gasteiger partial charge in [0.15, 0.2) is 0 Å². The van der Waals surface area contributed by atoms with Crippen molar-refractivity contribution in [3.05, 3.63) is 53.6 Å². The quantitative estimate of drug-likeness (QED) is 0.126. The molecule has 1 aliphatic heterocycles. The van der Waals surface area contributed by atoms with E-state index in [0.29, 0.717) is 12.5 Å². The molecule has 0 spiro atoms. The van der Waals surface area contributed by atoms with E-state index in [4.69, 9.17) is 14.2 Å². The highest BCUT2D eigenvalue weighted by Gasteiger charge is 2.42. The molecular formula is C31H47BBr3NO3S. The lowest BCUT2D eigenvalue weighted by Gasteiger charge is -2.43. The van der Waals surface area contributed by atoms with Gasteiger partial charge in [0.2, 0.25) is 0 Å². The molecule has 2 unspecified atom stereocenters. The maximum absolute atomic E-state index is 6.33. The van der Waals surface area contributed by atoms with Gasteiger partial charge in [-0.15, -0.1) is 47.3 Å². The molecule has 0 fully saturated rings. The van der Waals surface area contributed by atoms with Gasteiger partial charge in [-0.3, -0.25) is 0 Å². The first-order chi connectivity index (χ1) is 19.2. The molecule has 40 heavy (non-hydrogen) atoms. The number of nitrogens with zero attached hydrogens (tertiary/aromatic N) is 1. The van der Waals surface area contributed by atoms with Crippen LogP contribution in [0.15, 0.2) is 42.5 Å². The Morgan fingerprint density at radius 2 is 1.55 bits per heavy atom. The topological polar surface area (TPSA) is 30.9 Å². The Hall–Kier alpha value is -0.345. The van der Waals surface area contributed by atoms with E-state index < -0.39 is 0 Å². The molecule has 1 aliphatic rings. The van der Waals surface area contributed by atoms with Crippen molar-refractivity contribution in [3.63, 3.8) is 0 Å². The van der Waals surface area contributed by atoms with E-state index in [-0.39, 0.29) is 8.60 Å². The molecule has 0 saturated heterocycles. The van der Waals surface area contributed by atoms with E-state index in [0.717, 1.165) is 23.7 Å². The van der Waals surface area contributed by atoms with Crippen LogP contribution in [0.1, 0.15) is 75.8 Å². The number of rotatable bonds is 16. The molecule has 2 aromatic carbocycles. The molecule has 0 saturated carbocycles. The average molecular weight is 764 g/mol. The number of hydrogen-bond acceptors (Lipinski definition) is 5. The van der Waals surface area contributed by atoms with Crippen LogP contribution in [0.4, 0.5) is 0 Å². The van der Waals surface area contributed by atoms with Gasteiger partial charge in [-0.1, -0.05) is 51.3 Å². The Bertz CT molecular complexity index is 967. The van der Waals surface area contributed by atoms with Crippen molar-refractivity contribution in [1.82, 2.24) is 4.90 Å². The lowest BCUT2D eigenvalue weighted by atomic mass is 9.66. The summed E-state index contributed by atoms with van der Waals surface area (Å²) in [5, 5.41) is 0. The number of hydrogen-bond donors (Lipinski definition) is 0. The molecule has 0 N–H and O–H groups in total. The predicted molar refractivity (Wildman–Crippen MR) is 187 cm³/mol. The fourth-order valence-corrected chi connectivity index (χ4v) is 6.29. The van der Waals surface area contributed by atoms with E-state index in [1.807, 2.05) is 6.07 Å². The van der Waals surface area contributed by atoms with Crippen LogP contribution in [0.25, 0.3) is 0 Å². The van der Waals surface area contributed by atoms with Gasteiger partial charge in [0.05, 0.1) is 20.8 Å². The zero-order chi connectivity index (χ0) is 29.4. The summed E-state index contributed by atoms with van der Waals surface area (Å²) in [6.45, 7) is 7.70. The molecule has 2 atom stereocenters. The van der Waals surface area contributed by atoms with Gasteiger partial charge in [0.25, 0.3) is 0 Å². The molecule has 0 radical (unpaired) electrons. The van der Waals surface area contributed by atoms with Gasteiger partial charge in [-0.05, 0) is 86.7 Å². The Morgan fingerprint density at radius 3 is 2.20 bits per heavy atom. The first-order valence-corrected chi connectivity index (χ1v) is 18.3. The normalized spacial score (nSPS) is 17.9. The van der Waals surface area contributed by atoms with Crippen LogP contribution in [0.2, 0.25) is 0 Å². The molecule has 4 nitrogen and oxygen atoms in total. The maximum atomic E-state index is 6.33. The third-order valence-electron chi connectivity index (χ3n) is 7.65. The number of benzene rings is 2. The van der Waals surface area contributed by atoms with Crippen molar-refractivity contribution in [1.29, 1.82) is 0 Å². The van der Waals surface area contributed by atoms with Gasteiger partial charge in [0, 0.05) is 17.4 Å². The summed E-state index contributed by atoms with van der Waals surface area (Å²) in [5.74, 6) is 5.73. The van der Waals surface area contributed by atoms with Crippen molar-refractivity contribution in [3.8, 4) is 17.2 Å². The average Bonchev–Trinajstić information content (AvgIpc) is 2.95. The molecule has 0 aliphatic carbocycles. The van der Waals surface area contributed by atoms with Gasteiger partial charge < -0.3 is 19.1 Å². The standard InChI is InChI=1S/C31H47NO3S.BBr3/c1-6-7-21-36-22-11-20-32(3)19-10-8-9-12-29-28-18-17-27(34-5)23-30(28)35-24-31(29,2)25-13-15-26(33-4)16-14-25;2-1(3)4/h13-18,23,29H,6-12,19-22,24H2,1-5H3;. The van der Waals surface area contributed by atoms with Crippen molar-refractivity contribution in [2.45, 2.75) is 70.1 Å². The second-order valence-corrected chi connectivity index (χ2v) is 18.3. The number of ether oxygens (including phenoxy) is 3. The minimum absolute atomic E-state index is 0.0832. The Labute approximate surface area is 273 Å². The molecule has 0 amide bonds. The van der Waals surface area contributed by atoms with Crippen LogP contribution >= 0.6 is 59.0 Å². The monoisotopic (exact) mass is 761 g/mol. The smallest absolute Gasteiger partial charge is 0.369 e. The van der Waals surface area contributed by atoms with Crippen LogP contribution in [0.5, 0.6) is 17.2 Å². The lowest BCUT2D eigenvalue weighted by molar-refractivity contribution is 0.162. The highest BCUT2D eigenvalue weighted by atomic mass is 79.9. The van der Waals surface area contributed by atoms with Crippen LogP contribution in [0, 0.1) is 0 Å².